The molecule has 0 aliphatic heterocycles. The second kappa shape index (κ2) is 3.67. The van der Waals surface area contributed by atoms with Gasteiger partial charge in [-0.1, -0.05) is 36.4 Å². The lowest BCUT2D eigenvalue weighted by atomic mass is 10.0. The fourth-order valence-electron chi connectivity index (χ4n) is 0.384. The number of rotatable bonds is 2. The van der Waals surface area contributed by atoms with Crippen molar-refractivity contribution in [2.45, 2.75) is 30.8 Å². The molecule has 1 nitrogen and oxygen atoms in total. The van der Waals surface area contributed by atoms with Crippen LogP contribution in [0.1, 0.15) is 20.8 Å². The monoisotopic (exact) mass is 228 g/mol. The van der Waals surface area contributed by atoms with Gasteiger partial charge in [-0.2, -0.15) is 0 Å². The van der Waals surface area contributed by atoms with E-state index in [0.717, 1.165) is 0 Å². The number of aliphatic hydroxyl groups excluding tert-OH is 1. The quantitative estimate of drug-likeness (QED) is 0.564. The van der Waals surface area contributed by atoms with Crippen molar-refractivity contribution in [2.75, 3.05) is 0 Å². The van der Waals surface area contributed by atoms with E-state index in [2.05, 4.69) is 36.4 Å². The van der Waals surface area contributed by atoms with E-state index < -0.39 is 0 Å². The van der Waals surface area contributed by atoms with Crippen LogP contribution >= 0.6 is 22.6 Å². The summed E-state index contributed by atoms with van der Waals surface area (Å²) in [6.07, 6.45) is -0.165. The normalized spacial score (nSPS) is 22.1. The first kappa shape index (κ1) is 8.69. The van der Waals surface area contributed by atoms with E-state index in [1.807, 2.05) is 6.92 Å². The average Bonchev–Trinajstić information content (AvgIpc) is 1.64. The van der Waals surface area contributed by atoms with E-state index in [4.69, 9.17) is 5.11 Å². The van der Waals surface area contributed by atoms with Crippen LogP contribution in [-0.4, -0.2) is 15.1 Å². The standard InChI is InChI=1S/C6H13IO/c1-4(5(2)7)6(3)8/h4-6,8H,1-3H3. The van der Waals surface area contributed by atoms with Gasteiger partial charge in [-0.25, -0.2) is 0 Å². The summed E-state index contributed by atoms with van der Waals surface area (Å²) in [5.41, 5.74) is 0. The highest BCUT2D eigenvalue weighted by Crippen LogP contribution is 2.15. The van der Waals surface area contributed by atoms with Crippen LogP contribution in [0.25, 0.3) is 0 Å². The Morgan fingerprint density at radius 3 is 1.62 bits per heavy atom. The van der Waals surface area contributed by atoms with Crippen molar-refractivity contribution in [3.63, 3.8) is 0 Å². The third kappa shape index (κ3) is 2.87. The van der Waals surface area contributed by atoms with E-state index in [-0.39, 0.29) is 6.10 Å². The number of alkyl halides is 1. The summed E-state index contributed by atoms with van der Waals surface area (Å²) in [4.78, 5) is 0. The number of halogens is 1. The highest BCUT2D eigenvalue weighted by molar-refractivity contribution is 14.1. The lowest BCUT2D eigenvalue weighted by Crippen LogP contribution is -2.20. The third-order valence-electron chi connectivity index (χ3n) is 1.49. The van der Waals surface area contributed by atoms with Gasteiger partial charge in [0.05, 0.1) is 6.10 Å². The van der Waals surface area contributed by atoms with Crippen molar-refractivity contribution >= 4 is 22.6 Å². The highest BCUT2D eigenvalue weighted by atomic mass is 127. The first-order valence-corrected chi connectivity index (χ1v) is 4.12. The van der Waals surface area contributed by atoms with E-state index in [1.165, 1.54) is 0 Å². The van der Waals surface area contributed by atoms with Crippen molar-refractivity contribution in [1.82, 2.24) is 0 Å². The molecular weight excluding hydrogens is 215 g/mol. The minimum atomic E-state index is -0.165. The molecule has 2 heteroatoms. The smallest absolute Gasteiger partial charge is 0.0547 e. The molecular formula is C6H13IO. The lowest BCUT2D eigenvalue weighted by molar-refractivity contribution is 0.138. The van der Waals surface area contributed by atoms with Crippen LogP contribution in [0.3, 0.4) is 0 Å². The topological polar surface area (TPSA) is 20.2 Å². The fourth-order valence-corrected chi connectivity index (χ4v) is 0.985. The SMILES string of the molecule is CC(O)C(C)C(C)I. The van der Waals surface area contributed by atoms with Crippen LogP contribution in [0.5, 0.6) is 0 Å². The minimum Gasteiger partial charge on any atom is -0.393 e. The van der Waals surface area contributed by atoms with E-state index in [1.54, 1.807) is 0 Å². The molecule has 3 unspecified atom stereocenters. The molecule has 0 radical (unpaired) electrons. The molecule has 0 aliphatic carbocycles. The Morgan fingerprint density at radius 2 is 1.62 bits per heavy atom. The molecule has 0 aromatic carbocycles. The van der Waals surface area contributed by atoms with Crippen LogP contribution in [-0.2, 0) is 0 Å². The van der Waals surface area contributed by atoms with Gasteiger partial charge in [0.15, 0.2) is 0 Å². The van der Waals surface area contributed by atoms with E-state index in [0.29, 0.717) is 9.84 Å². The van der Waals surface area contributed by atoms with Gasteiger partial charge in [-0.15, -0.1) is 0 Å². The Bertz CT molecular complexity index is 53.5. The zero-order chi connectivity index (χ0) is 6.73. The van der Waals surface area contributed by atoms with Crippen molar-refractivity contribution in [1.29, 1.82) is 0 Å². The largest absolute Gasteiger partial charge is 0.393 e. The average molecular weight is 228 g/mol. The first-order valence-electron chi connectivity index (χ1n) is 2.88. The molecule has 1 N–H and O–H groups in total. The second-order valence-electron chi connectivity index (χ2n) is 2.28. The molecule has 0 aromatic heterocycles. The van der Waals surface area contributed by atoms with Gasteiger partial charge in [0.1, 0.15) is 0 Å². The van der Waals surface area contributed by atoms with E-state index >= 15 is 0 Å². The molecule has 50 valence electrons. The van der Waals surface area contributed by atoms with Crippen molar-refractivity contribution in [3.05, 3.63) is 0 Å². The molecule has 0 spiro atoms. The fraction of sp³-hybridized carbons (Fsp3) is 1.00. The third-order valence-corrected chi connectivity index (χ3v) is 2.62. The molecule has 3 atom stereocenters. The van der Waals surface area contributed by atoms with Crippen LogP contribution in [0.2, 0.25) is 0 Å². The van der Waals surface area contributed by atoms with Gasteiger partial charge >= 0.3 is 0 Å². The van der Waals surface area contributed by atoms with Gasteiger partial charge in [0, 0.05) is 3.92 Å². The van der Waals surface area contributed by atoms with E-state index in [9.17, 15) is 0 Å². The second-order valence-corrected chi connectivity index (χ2v) is 4.24. The maximum absolute atomic E-state index is 8.99. The Balaban J connectivity index is 3.46. The highest BCUT2D eigenvalue weighted by Gasteiger charge is 2.12. The van der Waals surface area contributed by atoms with Crippen molar-refractivity contribution in [2.24, 2.45) is 5.92 Å². The molecule has 0 amide bonds. The first-order chi connectivity index (χ1) is 3.55. The zero-order valence-corrected chi connectivity index (χ0v) is 7.71. The molecule has 0 aliphatic rings. The summed E-state index contributed by atoms with van der Waals surface area (Å²) in [6.45, 7) is 6.00. The maximum atomic E-state index is 8.99. The summed E-state index contributed by atoms with van der Waals surface area (Å²) in [5, 5.41) is 8.99. The molecule has 0 saturated heterocycles. The molecule has 0 rings (SSSR count). The predicted octanol–water partition coefficient (Wildman–Crippen LogP) is 1.83. The van der Waals surface area contributed by atoms with Crippen LogP contribution in [0.15, 0.2) is 0 Å². The molecule has 0 heterocycles. The van der Waals surface area contributed by atoms with Crippen LogP contribution in [0, 0.1) is 5.92 Å². The van der Waals surface area contributed by atoms with Gasteiger partial charge in [-0.3, -0.25) is 0 Å². The minimum absolute atomic E-state index is 0.165. The number of aliphatic hydroxyl groups is 1. The molecule has 0 aromatic rings. The van der Waals surface area contributed by atoms with Crippen molar-refractivity contribution in [3.8, 4) is 0 Å². The zero-order valence-electron chi connectivity index (χ0n) is 5.56. The van der Waals surface area contributed by atoms with Crippen LogP contribution < -0.4 is 0 Å². The lowest BCUT2D eigenvalue weighted by Gasteiger charge is -2.16. The van der Waals surface area contributed by atoms with Gasteiger partial charge in [0.25, 0.3) is 0 Å². The van der Waals surface area contributed by atoms with Crippen LogP contribution in [0.4, 0.5) is 0 Å². The summed E-state index contributed by atoms with van der Waals surface area (Å²) >= 11 is 2.32. The molecule has 0 bridgehead atoms. The predicted molar refractivity (Wildman–Crippen MR) is 44.3 cm³/mol. The summed E-state index contributed by atoms with van der Waals surface area (Å²) < 4.78 is 0.563. The Morgan fingerprint density at radius 1 is 1.25 bits per heavy atom. The maximum Gasteiger partial charge on any atom is 0.0547 e. The Labute approximate surface area is 64.6 Å². The molecule has 0 saturated carbocycles. The van der Waals surface area contributed by atoms with Gasteiger partial charge < -0.3 is 5.11 Å². The van der Waals surface area contributed by atoms with Gasteiger partial charge in [0.2, 0.25) is 0 Å². The Hall–Kier alpha value is 0.690. The number of hydrogen-bond acceptors (Lipinski definition) is 1. The molecule has 0 fully saturated rings. The summed E-state index contributed by atoms with van der Waals surface area (Å²) in [5.74, 6) is 0.413. The molecule has 8 heavy (non-hydrogen) atoms. The summed E-state index contributed by atoms with van der Waals surface area (Å²) in [6, 6.07) is 0. The van der Waals surface area contributed by atoms with Crippen molar-refractivity contribution < 1.29 is 5.11 Å². The Kier molecular flexibility index (Phi) is 3.98. The number of hydrogen-bond donors (Lipinski definition) is 1. The summed E-state index contributed by atoms with van der Waals surface area (Å²) in [7, 11) is 0. The van der Waals surface area contributed by atoms with Gasteiger partial charge in [-0.05, 0) is 12.8 Å².